The number of piperidine rings is 1. The van der Waals surface area contributed by atoms with Gasteiger partial charge in [0.05, 0.1) is 16.5 Å². The van der Waals surface area contributed by atoms with Crippen molar-refractivity contribution in [2.45, 2.75) is 12.8 Å². The number of halogens is 1. The van der Waals surface area contributed by atoms with Crippen LogP contribution in [0.15, 0.2) is 61.2 Å². The maximum atomic E-state index is 13.0. The number of rotatable bonds is 6. The van der Waals surface area contributed by atoms with Crippen LogP contribution in [0.1, 0.15) is 33.6 Å². The van der Waals surface area contributed by atoms with Crippen molar-refractivity contribution in [2.24, 2.45) is 5.92 Å². The van der Waals surface area contributed by atoms with E-state index in [4.69, 9.17) is 11.6 Å². The molecular weight excluding hydrogens is 402 g/mol. The molecule has 3 rings (SSSR count). The van der Waals surface area contributed by atoms with Crippen LogP contribution in [0.4, 0.5) is 5.69 Å². The second kappa shape index (κ2) is 10.1. The lowest BCUT2D eigenvalue weighted by molar-refractivity contribution is -0.126. The molecule has 156 valence electrons. The molecule has 1 aliphatic rings. The molecule has 0 spiro atoms. The highest BCUT2D eigenvalue weighted by Crippen LogP contribution is 2.21. The number of hydrogen-bond donors (Lipinski definition) is 2. The number of likely N-dealkylation sites (tertiary alicyclic amines) is 1. The van der Waals surface area contributed by atoms with Crippen molar-refractivity contribution >= 4 is 35.0 Å². The van der Waals surface area contributed by atoms with E-state index >= 15 is 0 Å². The van der Waals surface area contributed by atoms with Gasteiger partial charge in [-0.15, -0.1) is 6.58 Å². The summed E-state index contributed by atoms with van der Waals surface area (Å²) in [7, 11) is 0. The highest BCUT2D eigenvalue weighted by Gasteiger charge is 2.28. The van der Waals surface area contributed by atoms with E-state index in [1.807, 2.05) is 0 Å². The number of carbonyl (C=O) groups is 3. The molecule has 0 bridgehead atoms. The Morgan fingerprint density at radius 1 is 1.17 bits per heavy atom. The fourth-order valence-electron chi connectivity index (χ4n) is 3.45. The lowest BCUT2D eigenvalue weighted by Crippen LogP contribution is -2.45. The summed E-state index contributed by atoms with van der Waals surface area (Å²) in [6.45, 7) is 4.98. The predicted octanol–water partition coefficient (Wildman–Crippen LogP) is 3.75. The van der Waals surface area contributed by atoms with Gasteiger partial charge in [0.15, 0.2) is 0 Å². The van der Waals surface area contributed by atoms with Gasteiger partial charge in [0.2, 0.25) is 5.91 Å². The van der Waals surface area contributed by atoms with E-state index in [0.717, 1.165) is 12.8 Å². The first-order chi connectivity index (χ1) is 14.5. The molecule has 3 amide bonds. The number of amides is 3. The number of nitrogens with zero attached hydrogens (tertiary/aromatic N) is 1. The van der Waals surface area contributed by atoms with E-state index < -0.39 is 0 Å². The van der Waals surface area contributed by atoms with Crippen LogP contribution >= 0.6 is 11.6 Å². The molecule has 0 saturated carbocycles. The van der Waals surface area contributed by atoms with Crippen molar-refractivity contribution in [2.75, 3.05) is 25.0 Å². The van der Waals surface area contributed by atoms with Crippen LogP contribution in [0.2, 0.25) is 5.02 Å². The fraction of sp³-hybridized carbons (Fsp3) is 0.261. The Morgan fingerprint density at radius 2 is 1.97 bits per heavy atom. The van der Waals surface area contributed by atoms with Gasteiger partial charge in [0, 0.05) is 30.9 Å². The molecule has 0 aromatic heterocycles. The van der Waals surface area contributed by atoms with Crippen LogP contribution in [0.5, 0.6) is 0 Å². The summed E-state index contributed by atoms with van der Waals surface area (Å²) in [6.07, 6.45) is 3.15. The zero-order chi connectivity index (χ0) is 21.5. The summed E-state index contributed by atoms with van der Waals surface area (Å²) in [5.41, 5.74) is 1.32. The van der Waals surface area contributed by atoms with Crippen molar-refractivity contribution in [1.29, 1.82) is 0 Å². The molecule has 7 heteroatoms. The summed E-state index contributed by atoms with van der Waals surface area (Å²) in [6, 6.07) is 13.5. The standard InChI is InChI=1S/C23H24ClN3O3/c1-2-12-25-21(28)17-8-6-13-27(15-17)23(30)16-7-5-9-18(14-16)26-22(29)19-10-3-4-11-20(19)24/h2-5,7,9-11,14,17H,1,6,8,12-13,15H2,(H,25,28)(H,26,29)/t17-/m1/s1. The molecule has 1 atom stereocenters. The van der Waals surface area contributed by atoms with E-state index in [0.29, 0.717) is 41.5 Å². The monoisotopic (exact) mass is 425 g/mol. The molecule has 30 heavy (non-hydrogen) atoms. The van der Waals surface area contributed by atoms with E-state index in [1.54, 1.807) is 59.5 Å². The van der Waals surface area contributed by atoms with Gasteiger partial charge in [-0.1, -0.05) is 35.9 Å². The predicted molar refractivity (Wildman–Crippen MR) is 118 cm³/mol. The first-order valence-corrected chi connectivity index (χ1v) is 10.2. The largest absolute Gasteiger partial charge is 0.352 e. The summed E-state index contributed by atoms with van der Waals surface area (Å²) in [4.78, 5) is 39.4. The fourth-order valence-corrected chi connectivity index (χ4v) is 3.67. The van der Waals surface area contributed by atoms with E-state index in [2.05, 4.69) is 17.2 Å². The SMILES string of the molecule is C=CCNC(=O)[C@@H]1CCCN(C(=O)c2cccc(NC(=O)c3ccccc3Cl)c2)C1. The molecule has 0 unspecified atom stereocenters. The van der Waals surface area contributed by atoms with E-state index in [9.17, 15) is 14.4 Å². The second-order valence-electron chi connectivity index (χ2n) is 7.14. The van der Waals surface area contributed by atoms with Gasteiger partial charge in [0.1, 0.15) is 0 Å². The van der Waals surface area contributed by atoms with Crippen LogP contribution in [0.3, 0.4) is 0 Å². The van der Waals surface area contributed by atoms with Crippen LogP contribution in [-0.2, 0) is 4.79 Å². The topological polar surface area (TPSA) is 78.5 Å². The number of benzene rings is 2. The normalized spacial score (nSPS) is 15.9. The van der Waals surface area contributed by atoms with Crippen LogP contribution in [0, 0.1) is 5.92 Å². The number of hydrogen-bond acceptors (Lipinski definition) is 3. The van der Waals surface area contributed by atoms with Gasteiger partial charge in [-0.2, -0.15) is 0 Å². The molecule has 1 aliphatic heterocycles. The Hall–Kier alpha value is -3.12. The molecule has 0 radical (unpaired) electrons. The third kappa shape index (κ3) is 5.27. The molecule has 2 N–H and O–H groups in total. The van der Waals surface area contributed by atoms with Crippen molar-refractivity contribution in [1.82, 2.24) is 10.2 Å². The summed E-state index contributed by atoms with van der Waals surface area (Å²) >= 11 is 6.08. The van der Waals surface area contributed by atoms with Gasteiger partial charge in [-0.05, 0) is 43.2 Å². The number of carbonyl (C=O) groups excluding carboxylic acids is 3. The van der Waals surface area contributed by atoms with E-state index in [-0.39, 0.29) is 23.6 Å². The summed E-state index contributed by atoms with van der Waals surface area (Å²) in [5, 5.41) is 5.94. The third-order valence-electron chi connectivity index (χ3n) is 4.99. The second-order valence-corrected chi connectivity index (χ2v) is 7.55. The van der Waals surface area contributed by atoms with Crippen molar-refractivity contribution in [3.8, 4) is 0 Å². The highest BCUT2D eigenvalue weighted by atomic mass is 35.5. The Kier molecular flexibility index (Phi) is 7.25. The minimum Gasteiger partial charge on any atom is -0.352 e. The van der Waals surface area contributed by atoms with Gasteiger partial charge in [-0.25, -0.2) is 0 Å². The zero-order valence-electron chi connectivity index (χ0n) is 16.6. The molecule has 1 fully saturated rings. The van der Waals surface area contributed by atoms with Gasteiger partial charge < -0.3 is 15.5 Å². The lowest BCUT2D eigenvalue weighted by Gasteiger charge is -2.32. The average Bonchev–Trinajstić information content (AvgIpc) is 2.77. The quantitative estimate of drug-likeness (QED) is 0.692. The molecule has 6 nitrogen and oxygen atoms in total. The lowest BCUT2D eigenvalue weighted by atomic mass is 9.96. The molecule has 0 aliphatic carbocycles. The molecular formula is C23H24ClN3O3. The van der Waals surface area contributed by atoms with Crippen LogP contribution in [-0.4, -0.2) is 42.3 Å². The van der Waals surface area contributed by atoms with E-state index in [1.165, 1.54) is 0 Å². The first-order valence-electron chi connectivity index (χ1n) is 9.83. The first kappa shape index (κ1) is 21.6. The highest BCUT2D eigenvalue weighted by molar-refractivity contribution is 6.34. The number of anilines is 1. The summed E-state index contributed by atoms with van der Waals surface area (Å²) in [5.74, 6) is -0.800. The Balaban J connectivity index is 1.68. The van der Waals surface area contributed by atoms with Crippen LogP contribution < -0.4 is 10.6 Å². The maximum absolute atomic E-state index is 13.0. The summed E-state index contributed by atoms with van der Waals surface area (Å²) < 4.78 is 0. The number of nitrogens with one attached hydrogen (secondary N) is 2. The average molecular weight is 426 g/mol. The Bertz CT molecular complexity index is 960. The van der Waals surface area contributed by atoms with Gasteiger partial charge >= 0.3 is 0 Å². The molecule has 1 saturated heterocycles. The Labute approximate surface area is 180 Å². The zero-order valence-corrected chi connectivity index (χ0v) is 17.3. The van der Waals surface area contributed by atoms with Crippen molar-refractivity contribution < 1.29 is 14.4 Å². The molecule has 2 aromatic carbocycles. The van der Waals surface area contributed by atoms with Gasteiger partial charge in [-0.3, -0.25) is 14.4 Å². The molecule has 2 aromatic rings. The molecule has 1 heterocycles. The minimum absolute atomic E-state index is 0.0619. The van der Waals surface area contributed by atoms with Crippen molar-refractivity contribution in [3.05, 3.63) is 77.3 Å². The minimum atomic E-state index is -0.345. The third-order valence-corrected chi connectivity index (χ3v) is 5.32. The smallest absolute Gasteiger partial charge is 0.257 e. The van der Waals surface area contributed by atoms with Gasteiger partial charge in [0.25, 0.3) is 11.8 Å². The maximum Gasteiger partial charge on any atom is 0.257 e. The Morgan fingerprint density at radius 3 is 2.73 bits per heavy atom. The van der Waals surface area contributed by atoms with Crippen molar-refractivity contribution in [3.63, 3.8) is 0 Å². The van der Waals surface area contributed by atoms with Crippen LogP contribution in [0.25, 0.3) is 0 Å².